The first kappa shape index (κ1) is 20.1. The van der Waals surface area contributed by atoms with Crippen molar-refractivity contribution < 1.29 is 19.4 Å². The number of rotatable bonds is 5. The Kier molecular flexibility index (Phi) is 5.83. The number of fused-ring (bicyclic) bond motifs is 1. The van der Waals surface area contributed by atoms with Gasteiger partial charge in [-0.1, -0.05) is 29.8 Å². The molecule has 1 saturated heterocycles. The van der Waals surface area contributed by atoms with Crippen LogP contribution < -0.4 is 0 Å². The van der Waals surface area contributed by atoms with Gasteiger partial charge in [-0.15, -0.1) is 0 Å². The molecule has 0 bridgehead atoms. The molecule has 30 heavy (non-hydrogen) atoms. The number of ether oxygens (including phenoxy) is 1. The van der Waals surface area contributed by atoms with Gasteiger partial charge in [-0.2, -0.15) is 0 Å². The first-order valence-corrected chi connectivity index (χ1v) is 9.91. The Morgan fingerprint density at radius 3 is 2.70 bits per heavy atom. The standard InChI is InChI=1S/C22H20ClN3O4/c23-19-6-5-16(11-18(19)22(28)29)24-12-15-13-26(20-4-2-1-3-17(15)20)14-21(27)25-7-9-30-10-8-25/h1-6,11-13H,7-10,14H2,(H,28,29). The summed E-state index contributed by atoms with van der Waals surface area (Å²) in [6, 6.07) is 12.4. The number of carbonyl (C=O) groups excluding carboxylic acids is 1. The number of aliphatic imine (C=N–C) groups is 1. The molecule has 154 valence electrons. The fraction of sp³-hybridized carbons (Fsp3) is 0.227. The molecular formula is C22H20ClN3O4. The van der Waals surface area contributed by atoms with Gasteiger partial charge in [0.05, 0.1) is 29.5 Å². The summed E-state index contributed by atoms with van der Waals surface area (Å²) in [5, 5.41) is 10.4. The fourth-order valence-corrected chi connectivity index (χ4v) is 3.67. The number of carboxylic acids is 1. The Labute approximate surface area is 178 Å². The van der Waals surface area contributed by atoms with Gasteiger partial charge in [0.25, 0.3) is 0 Å². The molecule has 3 aromatic rings. The molecule has 2 aromatic carbocycles. The van der Waals surface area contributed by atoms with Gasteiger partial charge in [0.2, 0.25) is 5.91 Å². The quantitative estimate of drug-likeness (QED) is 0.633. The molecule has 1 N–H and O–H groups in total. The number of amides is 1. The van der Waals surface area contributed by atoms with E-state index in [2.05, 4.69) is 4.99 Å². The van der Waals surface area contributed by atoms with Crippen LogP contribution in [0.25, 0.3) is 10.9 Å². The van der Waals surface area contributed by atoms with E-state index in [4.69, 9.17) is 16.3 Å². The summed E-state index contributed by atoms with van der Waals surface area (Å²) in [5.74, 6) is -1.05. The van der Waals surface area contributed by atoms with Gasteiger partial charge < -0.3 is 19.3 Å². The van der Waals surface area contributed by atoms with Gasteiger partial charge in [-0.3, -0.25) is 9.79 Å². The van der Waals surface area contributed by atoms with Crippen LogP contribution in [0.5, 0.6) is 0 Å². The van der Waals surface area contributed by atoms with Crippen molar-refractivity contribution in [3.8, 4) is 0 Å². The van der Waals surface area contributed by atoms with Gasteiger partial charge in [0.15, 0.2) is 0 Å². The third-order valence-electron chi connectivity index (χ3n) is 5.02. The molecular weight excluding hydrogens is 406 g/mol. The number of morpholine rings is 1. The number of nitrogens with zero attached hydrogens (tertiary/aromatic N) is 3. The monoisotopic (exact) mass is 425 g/mol. The summed E-state index contributed by atoms with van der Waals surface area (Å²) in [5.41, 5.74) is 2.26. The van der Waals surface area contributed by atoms with Gasteiger partial charge in [-0.05, 0) is 24.3 Å². The summed E-state index contributed by atoms with van der Waals surface area (Å²) >= 11 is 5.92. The number of halogens is 1. The number of benzene rings is 2. The molecule has 4 rings (SSSR count). The number of aromatic carboxylic acids is 1. The number of carbonyl (C=O) groups is 2. The van der Waals surface area contributed by atoms with Gasteiger partial charge in [0, 0.05) is 42.0 Å². The van der Waals surface area contributed by atoms with Gasteiger partial charge >= 0.3 is 5.97 Å². The molecule has 0 aliphatic carbocycles. The lowest BCUT2D eigenvalue weighted by atomic mass is 10.2. The Morgan fingerprint density at radius 2 is 1.93 bits per heavy atom. The second-order valence-electron chi connectivity index (χ2n) is 6.95. The maximum atomic E-state index is 12.7. The SMILES string of the molecule is O=C(O)c1cc(N=Cc2cn(CC(=O)N3CCOCC3)c3ccccc23)ccc1Cl. The number of para-hydroxylation sites is 1. The Hall–Kier alpha value is -3.16. The summed E-state index contributed by atoms with van der Waals surface area (Å²) in [6.45, 7) is 2.58. The average molecular weight is 426 g/mol. The number of carboxylic acid groups (broad SMARTS) is 1. The van der Waals surface area contributed by atoms with E-state index in [1.54, 1.807) is 12.3 Å². The zero-order valence-corrected chi connectivity index (χ0v) is 16.9. The smallest absolute Gasteiger partial charge is 0.337 e. The molecule has 1 aliphatic heterocycles. The maximum Gasteiger partial charge on any atom is 0.337 e. The highest BCUT2D eigenvalue weighted by Gasteiger charge is 2.18. The molecule has 0 unspecified atom stereocenters. The first-order chi connectivity index (χ1) is 14.5. The van der Waals surface area contributed by atoms with Crippen LogP contribution in [0.4, 0.5) is 5.69 Å². The summed E-state index contributed by atoms with van der Waals surface area (Å²) in [4.78, 5) is 30.2. The molecule has 0 spiro atoms. The number of hydrogen-bond acceptors (Lipinski definition) is 4. The zero-order valence-electron chi connectivity index (χ0n) is 16.1. The molecule has 0 saturated carbocycles. The maximum absolute atomic E-state index is 12.7. The predicted octanol–water partition coefficient (Wildman–Crippen LogP) is 3.60. The zero-order chi connectivity index (χ0) is 21.1. The van der Waals surface area contributed by atoms with Crippen molar-refractivity contribution in [3.63, 3.8) is 0 Å². The van der Waals surface area contributed by atoms with Crippen LogP contribution in [0.1, 0.15) is 15.9 Å². The third-order valence-corrected chi connectivity index (χ3v) is 5.35. The van der Waals surface area contributed by atoms with Crippen LogP contribution in [-0.4, -0.2) is 59.0 Å². The van der Waals surface area contributed by atoms with Crippen LogP contribution in [0.2, 0.25) is 5.02 Å². The van der Waals surface area contributed by atoms with Crippen molar-refractivity contribution >= 4 is 46.3 Å². The molecule has 2 heterocycles. The van der Waals surface area contributed by atoms with Crippen molar-refractivity contribution in [2.75, 3.05) is 26.3 Å². The number of aromatic nitrogens is 1. The second kappa shape index (κ2) is 8.69. The van der Waals surface area contributed by atoms with Crippen LogP contribution >= 0.6 is 11.6 Å². The Balaban J connectivity index is 1.62. The van der Waals surface area contributed by atoms with Crippen molar-refractivity contribution in [1.29, 1.82) is 0 Å². The van der Waals surface area contributed by atoms with E-state index in [9.17, 15) is 14.7 Å². The molecule has 1 fully saturated rings. The minimum Gasteiger partial charge on any atom is -0.478 e. The normalized spacial score (nSPS) is 14.5. The highest BCUT2D eigenvalue weighted by molar-refractivity contribution is 6.33. The largest absolute Gasteiger partial charge is 0.478 e. The molecule has 0 radical (unpaired) electrons. The Morgan fingerprint density at radius 1 is 1.17 bits per heavy atom. The van der Waals surface area contributed by atoms with Crippen LogP contribution in [-0.2, 0) is 16.1 Å². The minimum atomic E-state index is -1.10. The first-order valence-electron chi connectivity index (χ1n) is 9.53. The number of hydrogen-bond donors (Lipinski definition) is 1. The summed E-state index contributed by atoms with van der Waals surface area (Å²) < 4.78 is 7.23. The lowest BCUT2D eigenvalue weighted by molar-refractivity contribution is -0.135. The van der Waals surface area contributed by atoms with E-state index in [-0.39, 0.29) is 23.0 Å². The lowest BCUT2D eigenvalue weighted by Gasteiger charge is -2.27. The van der Waals surface area contributed by atoms with E-state index in [0.717, 1.165) is 16.5 Å². The van der Waals surface area contributed by atoms with E-state index in [1.807, 2.05) is 39.9 Å². The third kappa shape index (κ3) is 4.22. The molecule has 8 heteroatoms. The molecule has 7 nitrogen and oxygen atoms in total. The fourth-order valence-electron chi connectivity index (χ4n) is 3.47. The lowest BCUT2D eigenvalue weighted by Crippen LogP contribution is -2.42. The van der Waals surface area contributed by atoms with E-state index >= 15 is 0 Å². The van der Waals surface area contributed by atoms with Crippen LogP contribution in [0.3, 0.4) is 0 Å². The summed E-state index contributed by atoms with van der Waals surface area (Å²) in [7, 11) is 0. The van der Waals surface area contributed by atoms with Crippen LogP contribution in [0, 0.1) is 0 Å². The van der Waals surface area contributed by atoms with E-state index in [0.29, 0.717) is 32.0 Å². The minimum absolute atomic E-state index is 0.00449. The second-order valence-corrected chi connectivity index (χ2v) is 7.36. The van der Waals surface area contributed by atoms with Gasteiger partial charge in [0.1, 0.15) is 6.54 Å². The van der Waals surface area contributed by atoms with E-state index in [1.165, 1.54) is 12.1 Å². The van der Waals surface area contributed by atoms with Crippen LogP contribution in [0.15, 0.2) is 53.7 Å². The van der Waals surface area contributed by atoms with Gasteiger partial charge in [-0.25, -0.2) is 4.79 Å². The molecule has 1 amide bonds. The van der Waals surface area contributed by atoms with E-state index < -0.39 is 5.97 Å². The van der Waals surface area contributed by atoms with Crippen molar-refractivity contribution in [2.24, 2.45) is 4.99 Å². The molecule has 1 aliphatic rings. The predicted molar refractivity (Wildman–Crippen MR) is 115 cm³/mol. The molecule has 1 aromatic heterocycles. The molecule has 0 atom stereocenters. The average Bonchev–Trinajstić information content (AvgIpc) is 3.11. The highest BCUT2D eigenvalue weighted by atomic mass is 35.5. The Bertz CT molecular complexity index is 1130. The topological polar surface area (TPSA) is 84.1 Å². The van der Waals surface area contributed by atoms with Crippen molar-refractivity contribution in [2.45, 2.75) is 6.54 Å². The summed E-state index contributed by atoms with van der Waals surface area (Å²) in [6.07, 6.45) is 3.56. The highest BCUT2D eigenvalue weighted by Crippen LogP contribution is 2.24. The van der Waals surface area contributed by atoms with Crippen molar-refractivity contribution in [3.05, 3.63) is 64.8 Å². The van der Waals surface area contributed by atoms with Crippen molar-refractivity contribution in [1.82, 2.24) is 9.47 Å².